The molecule has 0 amide bonds. The second-order valence-electron chi connectivity index (χ2n) is 2.98. The van der Waals surface area contributed by atoms with Crippen molar-refractivity contribution >= 4 is 0 Å². The molecule has 0 bridgehead atoms. The van der Waals surface area contributed by atoms with Crippen LogP contribution in [0.5, 0.6) is 5.75 Å². The molecule has 0 saturated heterocycles. The SMILES string of the molecule is C=C/C=C\C(=C)Oc1ccc(C)cc1. The molecule has 0 aliphatic carbocycles. The molecule has 0 atom stereocenters. The molecular weight excluding hydrogens is 172 g/mol. The molecule has 0 N–H and O–H groups in total. The molecule has 1 heteroatoms. The molecule has 0 aliphatic heterocycles. The largest absolute Gasteiger partial charge is 0.458 e. The van der Waals surface area contributed by atoms with Gasteiger partial charge in [0.25, 0.3) is 0 Å². The molecule has 0 aliphatic rings. The van der Waals surface area contributed by atoms with E-state index in [9.17, 15) is 0 Å². The zero-order chi connectivity index (χ0) is 10.4. The average Bonchev–Trinajstić information content (AvgIpc) is 2.18. The van der Waals surface area contributed by atoms with Crippen molar-refractivity contribution in [3.63, 3.8) is 0 Å². The Morgan fingerprint density at radius 3 is 2.50 bits per heavy atom. The smallest absolute Gasteiger partial charge is 0.127 e. The van der Waals surface area contributed by atoms with Crippen LogP contribution in [0.3, 0.4) is 0 Å². The van der Waals surface area contributed by atoms with Crippen LogP contribution >= 0.6 is 0 Å². The summed E-state index contributed by atoms with van der Waals surface area (Å²) in [6.07, 6.45) is 5.24. The maximum atomic E-state index is 5.44. The highest BCUT2D eigenvalue weighted by Gasteiger charge is 1.93. The molecule has 0 spiro atoms. The molecule has 1 aromatic carbocycles. The lowest BCUT2D eigenvalue weighted by atomic mass is 10.2. The topological polar surface area (TPSA) is 9.23 Å². The Kier molecular flexibility index (Phi) is 3.74. The maximum absolute atomic E-state index is 5.44. The molecule has 0 radical (unpaired) electrons. The number of hydrogen-bond donors (Lipinski definition) is 0. The summed E-state index contributed by atoms with van der Waals surface area (Å²) in [5, 5.41) is 0. The number of aryl methyl sites for hydroxylation is 1. The molecule has 1 aromatic rings. The number of rotatable bonds is 4. The van der Waals surface area contributed by atoms with E-state index in [4.69, 9.17) is 4.74 Å². The Bertz CT molecular complexity index is 344. The van der Waals surface area contributed by atoms with E-state index in [1.54, 1.807) is 18.2 Å². The Labute approximate surface area is 85.0 Å². The van der Waals surface area contributed by atoms with E-state index in [1.165, 1.54) is 5.56 Å². The van der Waals surface area contributed by atoms with Crippen molar-refractivity contribution in [1.82, 2.24) is 0 Å². The summed E-state index contributed by atoms with van der Waals surface area (Å²) < 4.78 is 5.44. The molecular formula is C13H14O. The third-order valence-electron chi connectivity index (χ3n) is 1.69. The molecule has 0 heterocycles. The summed E-state index contributed by atoms with van der Waals surface area (Å²) in [5.74, 6) is 1.41. The van der Waals surface area contributed by atoms with Gasteiger partial charge in [0.1, 0.15) is 11.5 Å². The summed E-state index contributed by atoms with van der Waals surface area (Å²) in [6.45, 7) is 9.36. The lowest BCUT2D eigenvalue weighted by Gasteiger charge is -2.04. The third kappa shape index (κ3) is 3.31. The van der Waals surface area contributed by atoms with Gasteiger partial charge in [-0.05, 0) is 25.1 Å². The highest BCUT2D eigenvalue weighted by molar-refractivity contribution is 5.29. The number of benzene rings is 1. The normalized spacial score (nSPS) is 10.1. The Hall–Kier alpha value is -1.76. The molecule has 1 nitrogen and oxygen atoms in total. The van der Waals surface area contributed by atoms with Crippen molar-refractivity contribution in [3.8, 4) is 5.75 Å². The fraction of sp³-hybridized carbons (Fsp3) is 0.0769. The second-order valence-corrected chi connectivity index (χ2v) is 2.98. The first-order valence-electron chi connectivity index (χ1n) is 4.45. The minimum Gasteiger partial charge on any atom is -0.458 e. The predicted molar refractivity (Wildman–Crippen MR) is 60.3 cm³/mol. The van der Waals surface area contributed by atoms with Crippen LogP contribution in [0, 0.1) is 6.92 Å². The highest BCUT2D eigenvalue weighted by atomic mass is 16.5. The van der Waals surface area contributed by atoms with Gasteiger partial charge < -0.3 is 4.74 Å². The van der Waals surface area contributed by atoms with Crippen LogP contribution < -0.4 is 4.74 Å². The maximum Gasteiger partial charge on any atom is 0.127 e. The summed E-state index contributed by atoms with van der Waals surface area (Å²) in [4.78, 5) is 0. The molecule has 72 valence electrons. The number of allylic oxidation sites excluding steroid dienone is 3. The van der Waals surface area contributed by atoms with Crippen LogP contribution in [-0.4, -0.2) is 0 Å². The molecule has 14 heavy (non-hydrogen) atoms. The lowest BCUT2D eigenvalue weighted by molar-refractivity contribution is 0.447. The molecule has 0 unspecified atom stereocenters. The van der Waals surface area contributed by atoms with Crippen molar-refractivity contribution in [2.75, 3.05) is 0 Å². The third-order valence-corrected chi connectivity index (χ3v) is 1.69. The Balaban J connectivity index is 2.60. The van der Waals surface area contributed by atoms with Crippen molar-refractivity contribution < 1.29 is 4.74 Å². The standard InChI is InChI=1S/C13H14O/c1-4-5-6-12(3)14-13-9-7-11(2)8-10-13/h4-10H,1,3H2,2H3/b6-5-. The van der Waals surface area contributed by atoms with Gasteiger partial charge in [-0.3, -0.25) is 0 Å². The van der Waals surface area contributed by atoms with E-state index < -0.39 is 0 Å². The van der Waals surface area contributed by atoms with E-state index >= 15 is 0 Å². The highest BCUT2D eigenvalue weighted by Crippen LogP contribution is 2.14. The Morgan fingerprint density at radius 2 is 1.93 bits per heavy atom. The van der Waals surface area contributed by atoms with Crippen molar-refractivity contribution in [3.05, 3.63) is 67.0 Å². The van der Waals surface area contributed by atoms with E-state index in [2.05, 4.69) is 13.2 Å². The van der Waals surface area contributed by atoms with Crippen molar-refractivity contribution in [2.24, 2.45) is 0 Å². The number of ether oxygens (including phenoxy) is 1. The predicted octanol–water partition coefficient (Wildman–Crippen LogP) is 3.63. The second kappa shape index (κ2) is 5.07. The zero-order valence-electron chi connectivity index (χ0n) is 8.36. The summed E-state index contributed by atoms with van der Waals surface area (Å²) in [6, 6.07) is 7.84. The van der Waals surface area contributed by atoms with Gasteiger partial charge in [0.2, 0.25) is 0 Å². The molecule has 0 aromatic heterocycles. The van der Waals surface area contributed by atoms with Crippen LogP contribution in [0.1, 0.15) is 5.56 Å². The van der Waals surface area contributed by atoms with Crippen LogP contribution in [0.15, 0.2) is 61.4 Å². The average molecular weight is 186 g/mol. The van der Waals surface area contributed by atoms with E-state index in [0.29, 0.717) is 5.76 Å². The van der Waals surface area contributed by atoms with Gasteiger partial charge >= 0.3 is 0 Å². The van der Waals surface area contributed by atoms with Gasteiger partial charge in [-0.2, -0.15) is 0 Å². The van der Waals surface area contributed by atoms with Crippen LogP contribution in [0.2, 0.25) is 0 Å². The van der Waals surface area contributed by atoms with Gasteiger partial charge in [-0.15, -0.1) is 0 Å². The van der Waals surface area contributed by atoms with Gasteiger partial charge in [0, 0.05) is 0 Å². The van der Waals surface area contributed by atoms with E-state index in [1.807, 2.05) is 31.2 Å². The summed E-state index contributed by atoms with van der Waals surface area (Å²) >= 11 is 0. The molecule has 0 saturated carbocycles. The zero-order valence-corrected chi connectivity index (χ0v) is 8.36. The lowest BCUT2D eigenvalue weighted by Crippen LogP contribution is -1.89. The minimum absolute atomic E-state index is 0.605. The first-order chi connectivity index (χ1) is 6.72. The summed E-state index contributed by atoms with van der Waals surface area (Å²) in [7, 11) is 0. The minimum atomic E-state index is 0.605. The quantitative estimate of drug-likeness (QED) is 0.515. The first-order valence-corrected chi connectivity index (χ1v) is 4.45. The van der Waals surface area contributed by atoms with Crippen LogP contribution in [0.4, 0.5) is 0 Å². The first kappa shape index (κ1) is 10.3. The molecule has 0 fully saturated rings. The summed E-state index contributed by atoms with van der Waals surface area (Å²) in [5.41, 5.74) is 1.21. The van der Waals surface area contributed by atoms with Gasteiger partial charge in [-0.25, -0.2) is 0 Å². The van der Waals surface area contributed by atoms with Crippen molar-refractivity contribution in [1.29, 1.82) is 0 Å². The molecule has 1 rings (SSSR count). The van der Waals surface area contributed by atoms with E-state index in [0.717, 1.165) is 5.75 Å². The van der Waals surface area contributed by atoms with Crippen molar-refractivity contribution in [2.45, 2.75) is 6.92 Å². The van der Waals surface area contributed by atoms with Gasteiger partial charge in [0.05, 0.1) is 0 Å². The van der Waals surface area contributed by atoms with Gasteiger partial charge in [-0.1, -0.05) is 43.0 Å². The van der Waals surface area contributed by atoms with E-state index in [-0.39, 0.29) is 0 Å². The van der Waals surface area contributed by atoms with Gasteiger partial charge in [0.15, 0.2) is 0 Å². The Morgan fingerprint density at radius 1 is 1.29 bits per heavy atom. The van der Waals surface area contributed by atoms with Crippen LogP contribution in [-0.2, 0) is 0 Å². The van der Waals surface area contributed by atoms with Crippen LogP contribution in [0.25, 0.3) is 0 Å². The number of hydrogen-bond acceptors (Lipinski definition) is 1. The fourth-order valence-corrected chi connectivity index (χ4v) is 0.967. The fourth-order valence-electron chi connectivity index (χ4n) is 0.967. The monoisotopic (exact) mass is 186 g/mol.